The van der Waals surface area contributed by atoms with Crippen molar-refractivity contribution in [2.24, 2.45) is 0 Å². The van der Waals surface area contributed by atoms with Crippen LogP contribution in [-0.4, -0.2) is 29.6 Å². The monoisotopic (exact) mass is 431 g/mol. The first-order chi connectivity index (χ1) is 14.9. The van der Waals surface area contributed by atoms with E-state index in [9.17, 15) is 13.2 Å². The van der Waals surface area contributed by atoms with Gasteiger partial charge < -0.3 is 5.32 Å². The van der Waals surface area contributed by atoms with Gasteiger partial charge in [0.1, 0.15) is 0 Å². The first kappa shape index (κ1) is 19.5. The lowest BCUT2D eigenvalue weighted by atomic mass is 9.97. The van der Waals surface area contributed by atoms with Crippen LogP contribution in [0.1, 0.15) is 28.8 Å². The normalized spacial score (nSPS) is 14.0. The van der Waals surface area contributed by atoms with E-state index < -0.39 is 10.0 Å². The van der Waals surface area contributed by atoms with E-state index in [-0.39, 0.29) is 10.8 Å². The Labute approximate surface area is 180 Å². The van der Waals surface area contributed by atoms with Crippen LogP contribution in [0.5, 0.6) is 0 Å². The Kier molecular flexibility index (Phi) is 4.63. The number of amides is 1. The largest absolute Gasteiger partial charge is 0.349 e. The van der Waals surface area contributed by atoms with Gasteiger partial charge in [0.15, 0.2) is 0 Å². The molecule has 5 rings (SSSR count). The number of nitrogens with zero attached hydrogens (tertiary/aromatic N) is 2. The second-order valence-electron chi connectivity index (χ2n) is 7.86. The summed E-state index contributed by atoms with van der Waals surface area (Å²) in [7, 11) is -3.78. The number of fused-ring (bicyclic) bond motifs is 1. The molecule has 1 saturated carbocycles. The Morgan fingerprint density at radius 3 is 2.55 bits per heavy atom. The van der Waals surface area contributed by atoms with Crippen molar-refractivity contribution in [3.05, 3.63) is 84.1 Å². The average molecular weight is 432 g/mol. The van der Waals surface area contributed by atoms with Crippen LogP contribution in [0.15, 0.2) is 77.8 Å². The molecule has 1 N–H and O–H groups in total. The second kappa shape index (κ2) is 7.35. The molecule has 0 atom stereocenters. The molecule has 1 heterocycles. The van der Waals surface area contributed by atoms with Crippen LogP contribution < -0.4 is 5.32 Å². The predicted octanol–water partition coefficient (Wildman–Crippen LogP) is 4.14. The fourth-order valence-electron chi connectivity index (χ4n) is 3.63. The van der Waals surface area contributed by atoms with Crippen molar-refractivity contribution in [1.29, 1.82) is 0 Å². The van der Waals surface area contributed by atoms with Crippen LogP contribution in [0.3, 0.4) is 0 Å². The molecule has 1 aliphatic rings. The number of aryl methyl sites for hydroxylation is 1. The summed E-state index contributed by atoms with van der Waals surface area (Å²) in [5, 5.41) is 7.88. The zero-order valence-electron chi connectivity index (χ0n) is 16.9. The third kappa shape index (κ3) is 3.61. The molecule has 1 aliphatic carbocycles. The first-order valence-electron chi connectivity index (χ1n) is 10.1. The van der Waals surface area contributed by atoms with Gasteiger partial charge in [-0.3, -0.25) is 4.79 Å². The summed E-state index contributed by atoms with van der Waals surface area (Å²) in [6, 6.07) is 19.7. The van der Waals surface area contributed by atoms with Gasteiger partial charge in [-0.25, -0.2) is 0 Å². The molecule has 0 saturated heterocycles. The van der Waals surface area contributed by atoms with Gasteiger partial charge in [0.25, 0.3) is 15.9 Å². The molecular formula is C24H21N3O3S. The Morgan fingerprint density at radius 2 is 1.81 bits per heavy atom. The molecule has 1 amide bonds. The molecule has 31 heavy (non-hydrogen) atoms. The lowest BCUT2D eigenvalue weighted by molar-refractivity contribution is 0.0951. The standard InChI is InChI=1S/C24H21N3O3S/c1-16-7-8-18(24(28)26-20-10-11-20)14-22(16)17-9-12-23-19(13-17)15-25-27(23)31(29,30)21-5-3-2-4-6-21/h2-9,12-15,20H,10-11H2,1H3,(H,26,28). The highest BCUT2D eigenvalue weighted by molar-refractivity contribution is 7.90. The summed E-state index contributed by atoms with van der Waals surface area (Å²) in [4.78, 5) is 12.6. The Hall–Kier alpha value is -3.45. The van der Waals surface area contributed by atoms with Gasteiger partial charge in [-0.2, -0.15) is 17.6 Å². The molecule has 0 unspecified atom stereocenters. The zero-order valence-corrected chi connectivity index (χ0v) is 17.8. The number of rotatable bonds is 5. The van der Waals surface area contributed by atoms with Crippen molar-refractivity contribution in [2.45, 2.75) is 30.7 Å². The third-order valence-electron chi connectivity index (χ3n) is 5.53. The Balaban J connectivity index is 1.54. The molecule has 1 aromatic heterocycles. The molecule has 0 aliphatic heterocycles. The van der Waals surface area contributed by atoms with Gasteiger partial charge >= 0.3 is 0 Å². The highest BCUT2D eigenvalue weighted by Gasteiger charge is 2.24. The molecule has 0 spiro atoms. The maximum absolute atomic E-state index is 13.0. The van der Waals surface area contributed by atoms with Crippen molar-refractivity contribution in [3.63, 3.8) is 0 Å². The van der Waals surface area contributed by atoms with E-state index in [2.05, 4.69) is 10.4 Å². The number of benzene rings is 3. The Bertz CT molecular complexity index is 1400. The van der Waals surface area contributed by atoms with Crippen LogP contribution in [0.4, 0.5) is 0 Å². The minimum Gasteiger partial charge on any atom is -0.349 e. The second-order valence-corrected chi connectivity index (χ2v) is 9.62. The summed E-state index contributed by atoms with van der Waals surface area (Å²) in [6.45, 7) is 1.99. The minimum absolute atomic E-state index is 0.0633. The fourth-order valence-corrected chi connectivity index (χ4v) is 4.93. The molecule has 1 fully saturated rings. The number of aromatic nitrogens is 2. The van der Waals surface area contributed by atoms with Gasteiger partial charge in [0.2, 0.25) is 0 Å². The van der Waals surface area contributed by atoms with Crippen molar-refractivity contribution >= 4 is 26.8 Å². The van der Waals surface area contributed by atoms with Gasteiger partial charge in [-0.05, 0) is 72.9 Å². The number of carbonyl (C=O) groups excluding carboxylic acids is 1. The van der Waals surface area contributed by atoms with Gasteiger partial charge in [0, 0.05) is 17.0 Å². The highest BCUT2D eigenvalue weighted by Crippen LogP contribution is 2.29. The van der Waals surface area contributed by atoms with E-state index in [4.69, 9.17) is 0 Å². The lowest BCUT2D eigenvalue weighted by Crippen LogP contribution is -2.25. The number of nitrogens with one attached hydrogen (secondary N) is 1. The first-order valence-corrected chi connectivity index (χ1v) is 11.6. The van der Waals surface area contributed by atoms with Gasteiger partial charge in [0.05, 0.1) is 16.6 Å². The molecule has 0 bridgehead atoms. The third-order valence-corrected chi connectivity index (χ3v) is 7.14. The van der Waals surface area contributed by atoms with E-state index in [0.717, 1.165) is 33.6 Å². The highest BCUT2D eigenvalue weighted by atomic mass is 32.2. The summed E-state index contributed by atoms with van der Waals surface area (Å²) in [5.74, 6) is -0.0633. The van der Waals surface area contributed by atoms with E-state index >= 15 is 0 Å². The molecule has 7 heteroatoms. The predicted molar refractivity (Wildman–Crippen MR) is 119 cm³/mol. The van der Waals surface area contributed by atoms with E-state index in [0.29, 0.717) is 22.5 Å². The van der Waals surface area contributed by atoms with Gasteiger partial charge in [-0.1, -0.05) is 30.3 Å². The summed E-state index contributed by atoms with van der Waals surface area (Å²) in [5.41, 5.74) is 4.00. The summed E-state index contributed by atoms with van der Waals surface area (Å²) < 4.78 is 27.0. The van der Waals surface area contributed by atoms with Crippen molar-refractivity contribution < 1.29 is 13.2 Å². The van der Waals surface area contributed by atoms with Crippen molar-refractivity contribution in [1.82, 2.24) is 14.5 Å². The van der Waals surface area contributed by atoms with E-state index in [1.165, 1.54) is 0 Å². The SMILES string of the molecule is Cc1ccc(C(=O)NC2CC2)cc1-c1ccc2c(cnn2S(=O)(=O)c2ccccc2)c1. The number of hydrogen-bond donors (Lipinski definition) is 1. The quantitative estimate of drug-likeness (QED) is 0.515. The maximum atomic E-state index is 13.0. The van der Waals surface area contributed by atoms with Gasteiger partial charge in [-0.15, -0.1) is 0 Å². The average Bonchev–Trinajstić information content (AvgIpc) is 3.48. The smallest absolute Gasteiger partial charge is 0.283 e. The molecule has 4 aromatic rings. The van der Waals surface area contributed by atoms with Crippen molar-refractivity contribution in [2.75, 3.05) is 0 Å². The molecule has 3 aromatic carbocycles. The maximum Gasteiger partial charge on any atom is 0.283 e. The van der Waals surface area contributed by atoms with Crippen LogP contribution >= 0.6 is 0 Å². The summed E-state index contributed by atoms with van der Waals surface area (Å²) >= 11 is 0. The Morgan fingerprint density at radius 1 is 1.03 bits per heavy atom. The van der Waals surface area contributed by atoms with Crippen LogP contribution in [0.2, 0.25) is 0 Å². The zero-order chi connectivity index (χ0) is 21.6. The summed E-state index contributed by atoms with van der Waals surface area (Å²) in [6.07, 6.45) is 3.63. The number of hydrogen-bond acceptors (Lipinski definition) is 4. The van der Waals surface area contributed by atoms with Crippen LogP contribution in [-0.2, 0) is 10.0 Å². The van der Waals surface area contributed by atoms with Crippen molar-refractivity contribution in [3.8, 4) is 11.1 Å². The van der Waals surface area contributed by atoms with E-state index in [1.807, 2.05) is 37.3 Å². The fraction of sp³-hybridized carbons (Fsp3) is 0.167. The number of carbonyl (C=O) groups is 1. The molecule has 0 radical (unpaired) electrons. The lowest BCUT2D eigenvalue weighted by Gasteiger charge is -2.10. The minimum atomic E-state index is -3.78. The van der Waals surface area contributed by atoms with E-state index in [1.54, 1.807) is 42.6 Å². The molecule has 6 nitrogen and oxygen atoms in total. The van der Waals surface area contributed by atoms with Crippen LogP contribution in [0, 0.1) is 6.92 Å². The topological polar surface area (TPSA) is 81.1 Å². The molecular weight excluding hydrogens is 410 g/mol. The van der Waals surface area contributed by atoms with Crippen LogP contribution in [0.25, 0.3) is 22.0 Å². The molecule has 156 valence electrons.